The van der Waals surface area contributed by atoms with Crippen molar-refractivity contribution in [1.82, 2.24) is 10.2 Å². The number of hydrogen-bond donors (Lipinski definition) is 1. The van der Waals surface area contributed by atoms with Crippen LogP contribution < -0.4 is 10.1 Å². The topological polar surface area (TPSA) is 119 Å². The molecule has 9 nitrogen and oxygen atoms in total. The predicted molar refractivity (Wildman–Crippen MR) is 81.5 cm³/mol. The number of nitrogens with one attached hydrogen (secondary N) is 1. The van der Waals surface area contributed by atoms with Crippen molar-refractivity contribution in [2.75, 3.05) is 26.0 Å². The van der Waals surface area contributed by atoms with Gasteiger partial charge in [0.15, 0.2) is 5.75 Å². The molecule has 0 aromatic heterocycles. The number of benzene rings is 1. The summed E-state index contributed by atoms with van der Waals surface area (Å²) >= 11 is 0.914. The molecule has 1 aliphatic heterocycles. The molecular formula is C13H13N3O6S. The van der Waals surface area contributed by atoms with Crippen LogP contribution in [0.2, 0.25) is 0 Å². The molecule has 0 bridgehead atoms. The smallest absolute Gasteiger partial charge is 0.311 e. The normalized spacial score (nSPS) is 14.0. The second kappa shape index (κ2) is 7.09. The second-order valence-electron chi connectivity index (χ2n) is 4.50. The van der Waals surface area contributed by atoms with E-state index in [0.29, 0.717) is 0 Å². The minimum absolute atomic E-state index is 0.0526. The number of carbonyl (C=O) groups excluding carboxylic acids is 3. The lowest BCUT2D eigenvalue weighted by Gasteiger charge is -2.13. The fourth-order valence-electron chi connectivity index (χ4n) is 1.95. The number of rotatable bonds is 6. The fourth-order valence-corrected chi connectivity index (χ4v) is 2.71. The van der Waals surface area contributed by atoms with Gasteiger partial charge >= 0.3 is 5.69 Å². The Morgan fingerprint density at radius 2 is 2.22 bits per heavy atom. The molecule has 2 rings (SSSR count). The van der Waals surface area contributed by atoms with Gasteiger partial charge in [0, 0.05) is 24.7 Å². The minimum Gasteiger partial charge on any atom is -0.490 e. The molecule has 1 aromatic rings. The molecule has 122 valence electrons. The van der Waals surface area contributed by atoms with Crippen LogP contribution in [-0.2, 0) is 4.79 Å². The van der Waals surface area contributed by atoms with Crippen molar-refractivity contribution in [1.29, 1.82) is 0 Å². The van der Waals surface area contributed by atoms with E-state index in [1.54, 1.807) is 0 Å². The first-order valence-electron chi connectivity index (χ1n) is 6.51. The highest BCUT2D eigenvalue weighted by Gasteiger charge is 2.29. The second-order valence-corrected chi connectivity index (χ2v) is 5.43. The Hall–Kier alpha value is -2.62. The van der Waals surface area contributed by atoms with Gasteiger partial charge in [-0.3, -0.25) is 29.4 Å². The summed E-state index contributed by atoms with van der Waals surface area (Å²) < 4.78 is 4.86. The summed E-state index contributed by atoms with van der Waals surface area (Å²) in [6.07, 6.45) is 0. The van der Waals surface area contributed by atoms with Crippen molar-refractivity contribution in [3.8, 4) is 5.75 Å². The van der Waals surface area contributed by atoms with Gasteiger partial charge in [-0.05, 0) is 12.1 Å². The number of ether oxygens (including phenoxy) is 1. The highest BCUT2D eigenvalue weighted by molar-refractivity contribution is 8.14. The largest absolute Gasteiger partial charge is 0.490 e. The van der Waals surface area contributed by atoms with E-state index in [1.807, 2.05) is 0 Å². The first-order valence-corrected chi connectivity index (χ1v) is 7.50. The SMILES string of the molecule is COc1ccc(C(=O)NCCN2C(=O)CSC2=O)cc1[N+](=O)[O-]. The maximum absolute atomic E-state index is 12.0. The molecule has 1 N–H and O–H groups in total. The molecule has 0 aliphatic carbocycles. The van der Waals surface area contributed by atoms with Gasteiger partial charge in [-0.25, -0.2) is 0 Å². The monoisotopic (exact) mass is 339 g/mol. The number of imide groups is 1. The van der Waals surface area contributed by atoms with Crippen molar-refractivity contribution in [3.63, 3.8) is 0 Å². The van der Waals surface area contributed by atoms with Gasteiger partial charge in [0.2, 0.25) is 5.91 Å². The van der Waals surface area contributed by atoms with Crippen LogP contribution in [0.1, 0.15) is 10.4 Å². The van der Waals surface area contributed by atoms with Gasteiger partial charge in [-0.1, -0.05) is 11.8 Å². The zero-order chi connectivity index (χ0) is 17.0. The quantitative estimate of drug-likeness (QED) is 0.607. The van der Waals surface area contributed by atoms with Gasteiger partial charge in [0.25, 0.3) is 11.1 Å². The molecule has 0 unspecified atom stereocenters. The van der Waals surface area contributed by atoms with Crippen LogP contribution >= 0.6 is 11.8 Å². The summed E-state index contributed by atoms with van der Waals surface area (Å²) in [6, 6.07) is 3.83. The Labute approximate surface area is 135 Å². The first-order chi connectivity index (χ1) is 10.9. The summed E-state index contributed by atoms with van der Waals surface area (Å²) in [6.45, 7) is 0.130. The number of amides is 3. The highest BCUT2D eigenvalue weighted by Crippen LogP contribution is 2.27. The number of carbonyl (C=O) groups is 3. The predicted octanol–water partition coefficient (Wildman–Crippen LogP) is 1.03. The number of nitro groups is 1. The fraction of sp³-hybridized carbons (Fsp3) is 0.308. The highest BCUT2D eigenvalue weighted by atomic mass is 32.2. The lowest BCUT2D eigenvalue weighted by atomic mass is 10.1. The van der Waals surface area contributed by atoms with E-state index >= 15 is 0 Å². The maximum Gasteiger partial charge on any atom is 0.311 e. The number of hydrogen-bond acceptors (Lipinski definition) is 7. The van der Waals surface area contributed by atoms with Crippen molar-refractivity contribution in [3.05, 3.63) is 33.9 Å². The third-order valence-corrected chi connectivity index (χ3v) is 3.96. The molecule has 23 heavy (non-hydrogen) atoms. The minimum atomic E-state index is -0.644. The molecule has 1 saturated heterocycles. The van der Waals surface area contributed by atoms with Crippen LogP contribution in [0.25, 0.3) is 0 Å². The van der Waals surface area contributed by atoms with Crippen LogP contribution in [0.15, 0.2) is 18.2 Å². The van der Waals surface area contributed by atoms with Crippen LogP contribution in [0.4, 0.5) is 10.5 Å². The van der Waals surface area contributed by atoms with Gasteiger partial charge < -0.3 is 10.1 Å². The van der Waals surface area contributed by atoms with Gasteiger partial charge in [-0.2, -0.15) is 0 Å². The average Bonchev–Trinajstić information content (AvgIpc) is 2.85. The van der Waals surface area contributed by atoms with Crippen LogP contribution in [0.3, 0.4) is 0 Å². The Kier molecular flexibility index (Phi) is 5.16. The van der Waals surface area contributed by atoms with Crippen LogP contribution in [0, 0.1) is 10.1 Å². The lowest BCUT2D eigenvalue weighted by molar-refractivity contribution is -0.385. The van der Waals surface area contributed by atoms with Crippen LogP contribution in [0.5, 0.6) is 5.75 Å². The van der Waals surface area contributed by atoms with E-state index < -0.39 is 10.8 Å². The number of methoxy groups -OCH3 is 1. The first kappa shape index (κ1) is 16.7. The lowest BCUT2D eigenvalue weighted by Crippen LogP contribution is -2.37. The molecule has 0 atom stereocenters. The summed E-state index contributed by atoms with van der Waals surface area (Å²) in [5.74, 6) is -0.675. The van der Waals surface area contributed by atoms with E-state index in [1.165, 1.54) is 19.2 Å². The number of nitro benzene ring substituents is 1. The third kappa shape index (κ3) is 3.77. The van der Waals surface area contributed by atoms with E-state index in [9.17, 15) is 24.5 Å². The van der Waals surface area contributed by atoms with Crippen molar-refractivity contribution >= 4 is 34.5 Å². The average molecular weight is 339 g/mol. The summed E-state index contributed by atoms with van der Waals surface area (Å²) in [7, 11) is 1.30. The van der Waals surface area contributed by atoms with Gasteiger partial charge in [-0.15, -0.1) is 0 Å². The molecule has 1 heterocycles. The molecule has 1 aromatic carbocycles. The molecular weight excluding hydrogens is 326 g/mol. The maximum atomic E-state index is 12.0. The summed E-state index contributed by atoms with van der Waals surface area (Å²) in [4.78, 5) is 46.1. The zero-order valence-electron chi connectivity index (χ0n) is 12.1. The standard InChI is InChI=1S/C13H13N3O6S/c1-22-10-3-2-8(6-9(10)16(20)21)12(18)14-4-5-15-11(17)7-23-13(15)19/h2-3,6H,4-5,7H2,1H3,(H,14,18). The van der Waals surface area contributed by atoms with Crippen molar-refractivity contribution in [2.24, 2.45) is 0 Å². The van der Waals surface area contributed by atoms with Gasteiger partial charge in [0.05, 0.1) is 17.8 Å². The van der Waals surface area contributed by atoms with Crippen molar-refractivity contribution < 1.29 is 24.0 Å². The third-order valence-electron chi connectivity index (χ3n) is 3.10. The molecule has 10 heteroatoms. The Morgan fingerprint density at radius 1 is 1.48 bits per heavy atom. The Bertz CT molecular complexity index is 662. The van der Waals surface area contributed by atoms with Crippen LogP contribution in [-0.4, -0.2) is 52.8 Å². The molecule has 0 radical (unpaired) electrons. The zero-order valence-corrected chi connectivity index (χ0v) is 12.9. The molecule has 1 fully saturated rings. The van der Waals surface area contributed by atoms with E-state index in [4.69, 9.17) is 4.74 Å². The van der Waals surface area contributed by atoms with E-state index in [2.05, 4.69) is 5.32 Å². The summed E-state index contributed by atoms with van der Waals surface area (Å²) in [5.41, 5.74) is -0.229. The molecule has 1 aliphatic rings. The van der Waals surface area contributed by atoms with Crippen molar-refractivity contribution in [2.45, 2.75) is 0 Å². The molecule has 3 amide bonds. The number of nitrogens with zero attached hydrogens (tertiary/aromatic N) is 2. The van der Waals surface area contributed by atoms with E-state index in [-0.39, 0.29) is 47.0 Å². The summed E-state index contributed by atoms with van der Waals surface area (Å²) in [5, 5.41) is 13.1. The molecule has 0 saturated carbocycles. The number of thioether (sulfide) groups is 1. The van der Waals surface area contributed by atoms with E-state index in [0.717, 1.165) is 22.7 Å². The molecule has 0 spiro atoms. The Balaban J connectivity index is 1.98. The Morgan fingerprint density at radius 3 is 2.78 bits per heavy atom. The van der Waals surface area contributed by atoms with Gasteiger partial charge in [0.1, 0.15) is 0 Å².